The number of nitrogens with one attached hydrogen (secondary N) is 2. The smallest absolute Gasteiger partial charge is 0.164 e. The van der Waals surface area contributed by atoms with Crippen molar-refractivity contribution in [3.05, 3.63) is 70.9 Å². The molecular formula is C21H20F2N2O. The quantitative estimate of drug-likeness (QED) is 0.741. The lowest BCUT2D eigenvalue weighted by atomic mass is 9.73. The minimum atomic E-state index is -0.922. The predicted octanol–water partition coefficient (Wildman–Crippen LogP) is 5.19. The highest BCUT2D eigenvalue weighted by Crippen LogP contribution is 2.45. The molecule has 26 heavy (non-hydrogen) atoms. The van der Waals surface area contributed by atoms with Gasteiger partial charge in [-0.05, 0) is 30.0 Å². The molecule has 0 amide bonds. The van der Waals surface area contributed by atoms with Crippen LogP contribution in [0.4, 0.5) is 20.2 Å². The Morgan fingerprint density at radius 2 is 1.73 bits per heavy atom. The summed E-state index contributed by atoms with van der Waals surface area (Å²) in [4.78, 5) is 13.0. The van der Waals surface area contributed by atoms with Gasteiger partial charge in [-0.25, -0.2) is 8.78 Å². The predicted molar refractivity (Wildman–Crippen MR) is 97.8 cm³/mol. The summed E-state index contributed by atoms with van der Waals surface area (Å²) in [6, 6.07) is 10.9. The van der Waals surface area contributed by atoms with Gasteiger partial charge in [0.2, 0.25) is 0 Å². The molecule has 3 nitrogen and oxygen atoms in total. The van der Waals surface area contributed by atoms with Crippen LogP contribution >= 0.6 is 0 Å². The largest absolute Gasteiger partial charge is 0.372 e. The van der Waals surface area contributed by atoms with Crippen molar-refractivity contribution in [3.8, 4) is 0 Å². The third kappa shape index (κ3) is 2.77. The summed E-state index contributed by atoms with van der Waals surface area (Å²) in [5, 5.41) is 6.61. The Balaban J connectivity index is 1.93. The Hall–Kier alpha value is -2.69. The minimum absolute atomic E-state index is 0.0438. The number of hydrogen-bond donors (Lipinski definition) is 2. The van der Waals surface area contributed by atoms with Crippen LogP contribution in [0, 0.1) is 17.0 Å². The minimum Gasteiger partial charge on any atom is -0.372 e. The van der Waals surface area contributed by atoms with Crippen LogP contribution in [0.2, 0.25) is 0 Å². The number of ketones is 1. The first-order chi connectivity index (χ1) is 12.4. The molecule has 0 spiro atoms. The van der Waals surface area contributed by atoms with Gasteiger partial charge in [0.15, 0.2) is 17.4 Å². The zero-order valence-electron chi connectivity index (χ0n) is 14.7. The van der Waals surface area contributed by atoms with E-state index in [9.17, 15) is 13.6 Å². The average molecular weight is 354 g/mol. The molecule has 4 rings (SSSR count). The molecule has 0 aromatic heterocycles. The van der Waals surface area contributed by atoms with Crippen molar-refractivity contribution in [2.24, 2.45) is 5.41 Å². The Bertz CT molecular complexity index is 933. The molecule has 2 aromatic rings. The summed E-state index contributed by atoms with van der Waals surface area (Å²) in [6.45, 7) is 4.08. The van der Waals surface area contributed by atoms with Crippen molar-refractivity contribution in [1.29, 1.82) is 0 Å². The topological polar surface area (TPSA) is 41.1 Å². The van der Waals surface area contributed by atoms with Crippen molar-refractivity contribution >= 4 is 17.2 Å². The molecule has 0 unspecified atom stereocenters. The molecule has 1 atom stereocenters. The monoisotopic (exact) mass is 354 g/mol. The maximum Gasteiger partial charge on any atom is 0.164 e. The van der Waals surface area contributed by atoms with Crippen molar-refractivity contribution < 1.29 is 13.6 Å². The lowest BCUT2D eigenvalue weighted by Gasteiger charge is -2.34. The van der Waals surface area contributed by atoms with E-state index in [2.05, 4.69) is 10.6 Å². The summed E-state index contributed by atoms with van der Waals surface area (Å²) in [5.41, 5.74) is 2.80. The summed E-state index contributed by atoms with van der Waals surface area (Å²) >= 11 is 0. The third-order valence-corrected chi connectivity index (χ3v) is 5.01. The summed E-state index contributed by atoms with van der Waals surface area (Å²) in [7, 11) is 0. The number of halogens is 2. The highest BCUT2D eigenvalue weighted by molar-refractivity contribution is 6.01. The molecule has 5 heteroatoms. The Kier molecular flexibility index (Phi) is 3.83. The zero-order valence-corrected chi connectivity index (χ0v) is 14.7. The summed E-state index contributed by atoms with van der Waals surface area (Å²) in [6.07, 6.45) is 1.04. The molecule has 0 saturated carbocycles. The van der Waals surface area contributed by atoms with E-state index < -0.39 is 17.7 Å². The second-order valence-electron chi connectivity index (χ2n) is 7.72. The molecule has 1 aliphatic heterocycles. The zero-order chi connectivity index (χ0) is 18.5. The lowest BCUT2D eigenvalue weighted by molar-refractivity contribution is -0.118. The fraction of sp³-hybridized carbons (Fsp3) is 0.286. The van der Waals surface area contributed by atoms with E-state index in [-0.39, 0.29) is 16.8 Å². The number of anilines is 2. The van der Waals surface area contributed by atoms with Crippen molar-refractivity contribution in [2.45, 2.75) is 32.7 Å². The van der Waals surface area contributed by atoms with Gasteiger partial charge in [0.25, 0.3) is 0 Å². The highest BCUT2D eigenvalue weighted by atomic mass is 19.2. The number of rotatable bonds is 1. The van der Waals surface area contributed by atoms with E-state index in [0.717, 1.165) is 23.1 Å². The number of carbonyl (C=O) groups is 1. The summed E-state index contributed by atoms with van der Waals surface area (Å²) in [5.74, 6) is -1.88. The number of benzene rings is 2. The van der Waals surface area contributed by atoms with Gasteiger partial charge in [0.1, 0.15) is 0 Å². The van der Waals surface area contributed by atoms with Crippen LogP contribution in [0.25, 0.3) is 0 Å². The second kappa shape index (κ2) is 5.94. The van der Waals surface area contributed by atoms with Crippen molar-refractivity contribution in [3.63, 3.8) is 0 Å². The molecule has 2 aromatic carbocycles. The first kappa shape index (κ1) is 16.8. The van der Waals surface area contributed by atoms with Crippen molar-refractivity contribution in [2.75, 3.05) is 10.6 Å². The number of Topliss-reactive ketones (excluding diaryl/α,β-unsaturated/α-hetero) is 1. The maximum absolute atomic E-state index is 14.6. The van der Waals surface area contributed by atoms with Crippen LogP contribution in [-0.4, -0.2) is 5.78 Å². The molecule has 1 heterocycles. The number of carbonyl (C=O) groups excluding carboxylic acids is 1. The fourth-order valence-corrected chi connectivity index (χ4v) is 3.87. The highest BCUT2D eigenvalue weighted by Gasteiger charge is 2.39. The fourth-order valence-electron chi connectivity index (χ4n) is 3.87. The molecule has 0 radical (unpaired) electrons. The van der Waals surface area contributed by atoms with Crippen LogP contribution in [0.3, 0.4) is 0 Å². The van der Waals surface area contributed by atoms with Crippen LogP contribution in [0.1, 0.15) is 38.3 Å². The van der Waals surface area contributed by atoms with E-state index in [1.165, 1.54) is 12.1 Å². The van der Waals surface area contributed by atoms with Gasteiger partial charge in [0, 0.05) is 23.3 Å². The lowest BCUT2D eigenvalue weighted by Crippen LogP contribution is -2.31. The van der Waals surface area contributed by atoms with Gasteiger partial charge < -0.3 is 10.6 Å². The standard InChI is InChI=1S/C21H20F2N2O/c1-21(2)10-16-18(17(26)11-21)20(12-6-5-7-13(22)19(12)23)25-15-9-4-3-8-14(15)24-16/h3-9,20,24-25H,10-11H2,1-2H3/t20-/m1/s1. The SMILES string of the molecule is CC1(C)CC(=O)C2=C(C1)Nc1ccccc1N[C@@H]2c1cccc(F)c1F. The normalized spacial score (nSPS) is 21.2. The van der Waals surface area contributed by atoms with Crippen molar-refractivity contribution in [1.82, 2.24) is 0 Å². The van der Waals surface area contributed by atoms with E-state index in [0.29, 0.717) is 18.4 Å². The summed E-state index contributed by atoms with van der Waals surface area (Å²) < 4.78 is 28.4. The number of hydrogen-bond acceptors (Lipinski definition) is 3. The molecule has 0 saturated heterocycles. The molecule has 0 fully saturated rings. The van der Waals surface area contributed by atoms with Crippen LogP contribution < -0.4 is 10.6 Å². The molecule has 1 aliphatic carbocycles. The van der Waals surface area contributed by atoms with Gasteiger partial charge in [0.05, 0.1) is 17.4 Å². The third-order valence-electron chi connectivity index (χ3n) is 5.01. The van der Waals surface area contributed by atoms with Gasteiger partial charge in [-0.1, -0.05) is 38.1 Å². The van der Waals surface area contributed by atoms with Crippen LogP contribution in [0.15, 0.2) is 53.7 Å². The van der Waals surface area contributed by atoms with E-state index in [1.54, 1.807) is 0 Å². The Morgan fingerprint density at radius 1 is 1.00 bits per heavy atom. The molecule has 2 N–H and O–H groups in total. The Morgan fingerprint density at radius 3 is 2.50 bits per heavy atom. The first-order valence-electron chi connectivity index (χ1n) is 8.68. The Labute approximate surface area is 151 Å². The number of allylic oxidation sites excluding steroid dienone is 1. The second-order valence-corrected chi connectivity index (χ2v) is 7.72. The van der Waals surface area contributed by atoms with Crippen LogP contribution in [-0.2, 0) is 4.79 Å². The van der Waals surface area contributed by atoms with E-state index >= 15 is 0 Å². The molecule has 0 bridgehead atoms. The molecule has 134 valence electrons. The van der Waals surface area contributed by atoms with Gasteiger partial charge in [-0.2, -0.15) is 0 Å². The average Bonchev–Trinajstić information content (AvgIpc) is 2.72. The van der Waals surface area contributed by atoms with E-state index in [4.69, 9.17) is 0 Å². The van der Waals surface area contributed by atoms with Gasteiger partial charge >= 0.3 is 0 Å². The maximum atomic E-state index is 14.6. The number of fused-ring (bicyclic) bond motifs is 1. The number of para-hydroxylation sites is 2. The van der Waals surface area contributed by atoms with Gasteiger partial charge in [-0.15, -0.1) is 0 Å². The van der Waals surface area contributed by atoms with E-state index in [1.807, 2.05) is 38.1 Å². The van der Waals surface area contributed by atoms with Crippen LogP contribution in [0.5, 0.6) is 0 Å². The molecular weight excluding hydrogens is 334 g/mol. The first-order valence-corrected chi connectivity index (χ1v) is 8.68. The van der Waals surface area contributed by atoms with Gasteiger partial charge in [-0.3, -0.25) is 4.79 Å². The molecule has 2 aliphatic rings.